The second kappa shape index (κ2) is 6.41. The zero-order valence-corrected chi connectivity index (χ0v) is 10.1. The molecule has 0 amide bonds. The van der Waals surface area contributed by atoms with Gasteiger partial charge in [-0.2, -0.15) is 0 Å². The van der Waals surface area contributed by atoms with Gasteiger partial charge in [0.2, 0.25) is 0 Å². The van der Waals surface area contributed by atoms with Gasteiger partial charge in [0, 0.05) is 26.2 Å². The number of hydrogen-bond acceptors (Lipinski definition) is 2. The zero-order valence-electron chi connectivity index (χ0n) is 10.1. The summed E-state index contributed by atoms with van der Waals surface area (Å²) in [6, 6.07) is 0. The molecule has 1 aliphatic rings. The molecule has 84 valence electrons. The molecule has 0 aromatic heterocycles. The van der Waals surface area contributed by atoms with Crippen molar-refractivity contribution in [3.8, 4) is 0 Å². The third kappa shape index (κ3) is 3.58. The summed E-state index contributed by atoms with van der Waals surface area (Å²) < 4.78 is 0. The van der Waals surface area contributed by atoms with Crippen LogP contribution in [0.1, 0.15) is 33.6 Å². The van der Waals surface area contributed by atoms with Crippen molar-refractivity contribution in [2.75, 3.05) is 32.7 Å². The minimum absolute atomic E-state index is 0.906. The normalized spacial score (nSPS) is 17.8. The quantitative estimate of drug-likeness (QED) is 0.673. The summed E-state index contributed by atoms with van der Waals surface area (Å²) in [5.41, 5.74) is 0. The second-order valence-electron chi connectivity index (χ2n) is 4.56. The molecule has 0 atom stereocenters. The maximum atomic E-state index is 3.35. The molecule has 1 rings (SSSR count). The van der Waals surface area contributed by atoms with Gasteiger partial charge in [-0.05, 0) is 18.4 Å². The predicted molar refractivity (Wildman–Crippen MR) is 62.5 cm³/mol. The van der Waals surface area contributed by atoms with Crippen LogP contribution in [0.2, 0.25) is 0 Å². The Kier molecular flexibility index (Phi) is 5.49. The maximum absolute atomic E-state index is 3.35. The van der Waals surface area contributed by atoms with Gasteiger partial charge in [0.15, 0.2) is 0 Å². The molecule has 14 heavy (non-hydrogen) atoms. The van der Waals surface area contributed by atoms with Crippen molar-refractivity contribution in [3.63, 3.8) is 0 Å². The van der Waals surface area contributed by atoms with E-state index in [1.165, 1.54) is 45.6 Å². The van der Waals surface area contributed by atoms with E-state index < -0.39 is 0 Å². The Balaban J connectivity index is 2.21. The predicted octanol–water partition coefficient (Wildman–Crippen LogP) is 1.96. The van der Waals surface area contributed by atoms with Crippen LogP contribution in [0.3, 0.4) is 0 Å². The molecule has 0 radical (unpaired) electrons. The van der Waals surface area contributed by atoms with Crippen LogP contribution in [-0.2, 0) is 0 Å². The molecule has 0 spiro atoms. The van der Waals surface area contributed by atoms with Crippen molar-refractivity contribution in [1.29, 1.82) is 0 Å². The lowest BCUT2D eigenvalue weighted by Crippen LogP contribution is -2.49. The van der Waals surface area contributed by atoms with Gasteiger partial charge in [0.1, 0.15) is 0 Å². The summed E-state index contributed by atoms with van der Waals surface area (Å²) in [7, 11) is 0. The number of nitrogens with one attached hydrogen (secondary N) is 1. The summed E-state index contributed by atoms with van der Waals surface area (Å²) in [5.74, 6) is 1.83. The van der Waals surface area contributed by atoms with Gasteiger partial charge in [0.05, 0.1) is 0 Å². The molecule has 0 aromatic carbocycles. The van der Waals surface area contributed by atoms with Gasteiger partial charge in [0.25, 0.3) is 0 Å². The first kappa shape index (κ1) is 12.0. The van der Waals surface area contributed by atoms with E-state index in [2.05, 4.69) is 31.0 Å². The molecular formula is C12H26N2. The SMILES string of the molecule is CCC(CC)CN(CC)CC1CNC1. The molecule has 1 fully saturated rings. The minimum Gasteiger partial charge on any atom is -0.316 e. The largest absolute Gasteiger partial charge is 0.316 e. The van der Waals surface area contributed by atoms with Crippen LogP contribution in [0.4, 0.5) is 0 Å². The Labute approximate surface area is 89.1 Å². The molecule has 0 unspecified atom stereocenters. The van der Waals surface area contributed by atoms with Crippen LogP contribution in [0.5, 0.6) is 0 Å². The topological polar surface area (TPSA) is 15.3 Å². The first-order valence-corrected chi connectivity index (χ1v) is 6.23. The van der Waals surface area contributed by atoms with E-state index >= 15 is 0 Å². The van der Waals surface area contributed by atoms with E-state index in [9.17, 15) is 0 Å². The van der Waals surface area contributed by atoms with Crippen molar-refractivity contribution >= 4 is 0 Å². The number of hydrogen-bond donors (Lipinski definition) is 1. The van der Waals surface area contributed by atoms with Crippen LogP contribution in [-0.4, -0.2) is 37.6 Å². The van der Waals surface area contributed by atoms with E-state index in [1.54, 1.807) is 0 Å². The fraction of sp³-hybridized carbons (Fsp3) is 1.00. The van der Waals surface area contributed by atoms with Crippen LogP contribution in [0, 0.1) is 11.8 Å². The highest BCUT2D eigenvalue weighted by atomic mass is 15.1. The van der Waals surface area contributed by atoms with E-state index in [4.69, 9.17) is 0 Å². The molecule has 1 N–H and O–H groups in total. The second-order valence-corrected chi connectivity index (χ2v) is 4.56. The number of nitrogens with zero attached hydrogens (tertiary/aromatic N) is 1. The first-order valence-electron chi connectivity index (χ1n) is 6.23. The minimum atomic E-state index is 0.906. The monoisotopic (exact) mass is 198 g/mol. The Morgan fingerprint density at radius 2 is 1.86 bits per heavy atom. The third-order valence-corrected chi connectivity index (χ3v) is 3.50. The maximum Gasteiger partial charge on any atom is 0.00340 e. The lowest BCUT2D eigenvalue weighted by Gasteiger charge is -2.34. The van der Waals surface area contributed by atoms with Crippen LogP contribution in [0.25, 0.3) is 0 Å². The summed E-state index contributed by atoms with van der Waals surface area (Å²) in [4.78, 5) is 2.63. The van der Waals surface area contributed by atoms with Gasteiger partial charge in [-0.25, -0.2) is 0 Å². The molecule has 2 heteroatoms. The first-order chi connectivity index (χ1) is 6.80. The average molecular weight is 198 g/mol. The van der Waals surface area contributed by atoms with Gasteiger partial charge in [-0.15, -0.1) is 0 Å². The molecule has 1 heterocycles. The highest BCUT2D eigenvalue weighted by Crippen LogP contribution is 2.12. The highest BCUT2D eigenvalue weighted by molar-refractivity contribution is 4.78. The average Bonchev–Trinajstić information content (AvgIpc) is 2.16. The Hall–Kier alpha value is -0.0800. The Morgan fingerprint density at radius 1 is 1.21 bits per heavy atom. The number of rotatable bonds is 7. The molecule has 0 aromatic rings. The molecule has 2 nitrogen and oxygen atoms in total. The van der Waals surface area contributed by atoms with E-state index in [0.29, 0.717) is 0 Å². The Morgan fingerprint density at radius 3 is 2.21 bits per heavy atom. The van der Waals surface area contributed by atoms with Crippen molar-refractivity contribution in [2.45, 2.75) is 33.6 Å². The molecular weight excluding hydrogens is 172 g/mol. The van der Waals surface area contributed by atoms with E-state index in [-0.39, 0.29) is 0 Å². The molecule has 1 saturated heterocycles. The molecule has 1 aliphatic heterocycles. The standard InChI is InChI=1S/C12H26N2/c1-4-11(5-2)9-14(6-3)10-12-7-13-8-12/h11-13H,4-10H2,1-3H3. The summed E-state index contributed by atoms with van der Waals surface area (Å²) in [6.45, 7) is 13.2. The fourth-order valence-corrected chi connectivity index (χ4v) is 2.09. The van der Waals surface area contributed by atoms with Crippen molar-refractivity contribution in [2.24, 2.45) is 11.8 Å². The molecule has 0 saturated carbocycles. The van der Waals surface area contributed by atoms with Gasteiger partial charge >= 0.3 is 0 Å². The zero-order chi connectivity index (χ0) is 10.4. The van der Waals surface area contributed by atoms with Crippen molar-refractivity contribution in [3.05, 3.63) is 0 Å². The summed E-state index contributed by atoms with van der Waals surface area (Å²) in [6.07, 6.45) is 2.66. The van der Waals surface area contributed by atoms with Gasteiger partial charge in [-0.3, -0.25) is 0 Å². The fourth-order valence-electron chi connectivity index (χ4n) is 2.09. The Bertz CT molecular complexity index is 139. The smallest absolute Gasteiger partial charge is 0.00340 e. The van der Waals surface area contributed by atoms with Crippen LogP contribution < -0.4 is 5.32 Å². The van der Waals surface area contributed by atoms with Gasteiger partial charge in [-0.1, -0.05) is 33.6 Å². The van der Waals surface area contributed by atoms with Crippen LogP contribution >= 0.6 is 0 Å². The van der Waals surface area contributed by atoms with Crippen LogP contribution in [0.15, 0.2) is 0 Å². The molecule has 0 bridgehead atoms. The molecule has 0 aliphatic carbocycles. The lowest BCUT2D eigenvalue weighted by atomic mass is 9.99. The highest BCUT2D eigenvalue weighted by Gasteiger charge is 2.20. The summed E-state index contributed by atoms with van der Waals surface area (Å²) in [5, 5.41) is 3.35. The lowest BCUT2D eigenvalue weighted by molar-refractivity contribution is 0.173. The van der Waals surface area contributed by atoms with Gasteiger partial charge < -0.3 is 10.2 Å². The van der Waals surface area contributed by atoms with Crippen molar-refractivity contribution < 1.29 is 0 Å². The van der Waals surface area contributed by atoms with E-state index in [0.717, 1.165) is 11.8 Å². The third-order valence-electron chi connectivity index (χ3n) is 3.50. The summed E-state index contributed by atoms with van der Waals surface area (Å²) >= 11 is 0. The van der Waals surface area contributed by atoms with Crippen molar-refractivity contribution in [1.82, 2.24) is 10.2 Å². The van der Waals surface area contributed by atoms with E-state index in [1.807, 2.05) is 0 Å².